The highest BCUT2D eigenvalue weighted by Gasteiger charge is 2.57. The number of hydrogen-bond donors (Lipinski definition) is 1. The van der Waals surface area contributed by atoms with Crippen LogP contribution in [0.25, 0.3) is 0 Å². The van der Waals surface area contributed by atoms with E-state index in [4.69, 9.17) is 0 Å². The number of rotatable bonds is 10. The molecule has 1 saturated carbocycles. The number of Topliss-reactive ketones (excluding diaryl/α,β-unsaturated/α-hetero) is 1. The molecule has 5 nitrogen and oxygen atoms in total. The highest BCUT2D eigenvalue weighted by molar-refractivity contribution is 8.00. The summed E-state index contributed by atoms with van der Waals surface area (Å²) in [4.78, 5) is 17.1. The van der Waals surface area contributed by atoms with Crippen LogP contribution in [-0.4, -0.2) is 30.9 Å². The fraction of sp³-hybridized carbons (Fsp3) is 0.857. The number of carbonyl (C=O) groups is 1. The van der Waals surface area contributed by atoms with E-state index >= 15 is 0 Å². The van der Waals surface area contributed by atoms with Gasteiger partial charge >= 0.3 is 0 Å². The van der Waals surface area contributed by atoms with Gasteiger partial charge in [0.2, 0.25) is 0 Å². The van der Waals surface area contributed by atoms with Gasteiger partial charge in [0.25, 0.3) is 0 Å². The van der Waals surface area contributed by atoms with Crippen molar-refractivity contribution in [3.63, 3.8) is 0 Å². The Morgan fingerprint density at radius 1 is 1.11 bits per heavy atom. The third-order valence-electron chi connectivity index (χ3n) is 5.82. The topological polar surface area (TPSA) is 68.0 Å². The molecule has 2 heterocycles. The number of hydrogen-bond acceptors (Lipinski definition) is 5. The molecule has 2 atom stereocenters. The fourth-order valence-corrected chi connectivity index (χ4v) is 5.75. The van der Waals surface area contributed by atoms with Crippen molar-refractivity contribution in [3.8, 4) is 0 Å². The highest BCUT2D eigenvalue weighted by atomic mass is 32.2. The van der Waals surface area contributed by atoms with E-state index in [1.54, 1.807) is 4.68 Å². The molecule has 1 aromatic heterocycles. The number of aliphatic hydroxyl groups is 1. The predicted molar refractivity (Wildman–Crippen MR) is 109 cm³/mol. The van der Waals surface area contributed by atoms with Crippen LogP contribution in [0.1, 0.15) is 97.2 Å². The fourth-order valence-electron chi connectivity index (χ4n) is 4.50. The molecule has 3 rings (SSSR count). The predicted octanol–water partition coefficient (Wildman–Crippen LogP) is 4.86. The van der Waals surface area contributed by atoms with E-state index in [-0.39, 0.29) is 11.2 Å². The Balaban J connectivity index is 1.46. The van der Waals surface area contributed by atoms with Crippen LogP contribution in [0.2, 0.25) is 0 Å². The summed E-state index contributed by atoms with van der Waals surface area (Å²) >= 11 is 1.40. The normalized spacial score (nSPS) is 26.2. The number of thioether (sulfide) groups is 1. The minimum Gasteiger partial charge on any atom is -0.368 e. The van der Waals surface area contributed by atoms with E-state index < -0.39 is 11.0 Å². The third-order valence-corrected chi connectivity index (χ3v) is 7.17. The number of nitrogens with zero attached hydrogens (tertiary/aromatic N) is 3. The molecule has 2 unspecified atom stereocenters. The van der Waals surface area contributed by atoms with E-state index in [9.17, 15) is 9.90 Å². The highest BCUT2D eigenvalue weighted by Crippen LogP contribution is 2.52. The molecular weight excluding hydrogens is 358 g/mol. The van der Waals surface area contributed by atoms with Gasteiger partial charge in [0.1, 0.15) is 5.25 Å². The van der Waals surface area contributed by atoms with Gasteiger partial charge in [-0.2, -0.15) is 5.10 Å². The van der Waals surface area contributed by atoms with E-state index in [0.29, 0.717) is 18.0 Å². The lowest BCUT2D eigenvalue weighted by atomic mass is 9.72. The molecule has 0 saturated heterocycles. The number of aromatic nitrogens is 3. The van der Waals surface area contributed by atoms with Crippen LogP contribution in [0.15, 0.2) is 5.16 Å². The Morgan fingerprint density at radius 3 is 2.41 bits per heavy atom. The molecule has 2 aliphatic rings. The molecule has 0 amide bonds. The SMILES string of the molecule is CCCCCCCCCCCc1nc2n(n1)C1(O)CC(C)(C)CC(=O)C1S2. The lowest BCUT2D eigenvalue weighted by molar-refractivity contribution is -0.146. The van der Waals surface area contributed by atoms with Gasteiger partial charge in [0.05, 0.1) is 0 Å². The van der Waals surface area contributed by atoms with Crippen LogP contribution in [0.4, 0.5) is 0 Å². The minimum atomic E-state index is -1.21. The maximum absolute atomic E-state index is 12.5. The van der Waals surface area contributed by atoms with Crippen molar-refractivity contribution in [3.05, 3.63) is 5.82 Å². The van der Waals surface area contributed by atoms with Crippen LogP contribution < -0.4 is 0 Å². The number of carbonyl (C=O) groups excluding carboxylic acids is 1. The van der Waals surface area contributed by atoms with Crippen LogP contribution in [0.5, 0.6) is 0 Å². The van der Waals surface area contributed by atoms with E-state index in [1.807, 2.05) is 13.8 Å². The van der Waals surface area contributed by atoms with Crippen molar-refractivity contribution in [2.45, 2.75) is 114 Å². The second-order valence-corrected chi connectivity index (χ2v) is 10.2. The molecule has 0 spiro atoms. The van der Waals surface area contributed by atoms with E-state index in [1.165, 1.54) is 63.1 Å². The van der Waals surface area contributed by atoms with Gasteiger partial charge in [-0.25, -0.2) is 9.67 Å². The average Bonchev–Trinajstić information content (AvgIpc) is 3.10. The number of ketones is 1. The third kappa shape index (κ3) is 4.76. The summed E-state index contributed by atoms with van der Waals surface area (Å²) in [7, 11) is 0. The van der Waals surface area contributed by atoms with Gasteiger partial charge in [-0.15, -0.1) is 0 Å². The molecule has 1 N–H and O–H groups in total. The summed E-state index contributed by atoms with van der Waals surface area (Å²) in [5.74, 6) is 0.926. The van der Waals surface area contributed by atoms with Crippen LogP contribution in [-0.2, 0) is 16.9 Å². The van der Waals surface area contributed by atoms with Crippen LogP contribution in [0, 0.1) is 5.41 Å². The lowest BCUT2D eigenvalue weighted by Gasteiger charge is -2.41. The Kier molecular flexibility index (Phi) is 6.67. The monoisotopic (exact) mass is 393 g/mol. The first-order valence-corrected chi connectivity index (χ1v) is 11.6. The Morgan fingerprint density at radius 2 is 1.74 bits per heavy atom. The molecular formula is C21H35N3O2S. The van der Waals surface area contributed by atoms with Gasteiger partial charge in [0.15, 0.2) is 22.5 Å². The standard InChI is InChI=1S/C21H35N3O2S/c1-4-5-6-7-8-9-10-11-12-13-17-22-19-24(23-17)21(26)15-20(2,3)14-16(25)18(21)27-19/h18,26H,4-15H2,1-3H3. The molecule has 0 bridgehead atoms. The molecule has 0 aromatic carbocycles. The summed E-state index contributed by atoms with van der Waals surface area (Å²) < 4.78 is 1.64. The van der Waals surface area contributed by atoms with Crippen LogP contribution in [0.3, 0.4) is 0 Å². The van der Waals surface area contributed by atoms with E-state index in [2.05, 4.69) is 17.0 Å². The second-order valence-electron chi connectivity index (χ2n) is 9.16. The quantitative estimate of drug-likeness (QED) is 0.575. The second kappa shape index (κ2) is 8.64. The summed E-state index contributed by atoms with van der Waals surface area (Å²) in [5.41, 5.74) is -1.41. The molecule has 0 radical (unpaired) electrons. The first kappa shape index (κ1) is 20.8. The molecule has 152 valence electrons. The summed E-state index contributed by atoms with van der Waals surface area (Å²) in [6.45, 7) is 6.34. The first-order chi connectivity index (χ1) is 12.9. The smallest absolute Gasteiger partial charge is 0.189 e. The zero-order valence-corrected chi connectivity index (χ0v) is 18.0. The molecule has 6 heteroatoms. The van der Waals surface area contributed by atoms with Gasteiger partial charge in [0, 0.05) is 19.3 Å². The van der Waals surface area contributed by atoms with Crippen LogP contribution >= 0.6 is 11.8 Å². The molecule has 1 aromatic rings. The van der Waals surface area contributed by atoms with Crippen molar-refractivity contribution >= 4 is 17.5 Å². The molecule has 1 fully saturated rings. The Labute approximate surface area is 167 Å². The maximum atomic E-state index is 12.5. The molecule has 1 aliphatic carbocycles. The summed E-state index contributed by atoms with van der Waals surface area (Å²) in [5, 5.41) is 16.1. The van der Waals surface area contributed by atoms with Crippen molar-refractivity contribution in [1.29, 1.82) is 0 Å². The van der Waals surface area contributed by atoms with Gasteiger partial charge in [-0.05, 0) is 11.8 Å². The minimum absolute atomic E-state index is 0.117. The molecule has 1 aliphatic heterocycles. The van der Waals surface area contributed by atoms with Crippen molar-refractivity contribution in [2.75, 3.05) is 0 Å². The largest absolute Gasteiger partial charge is 0.368 e. The molecule has 27 heavy (non-hydrogen) atoms. The zero-order chi connectivity index (χ0) is 19.5. The van der Waals surface area contributed by atoms with Crippen molar-refractivity contribution < 1.29 is 9.90 Å². The van der Waals surface area contributed by atoms with Gasteiger partial charge in [-0.1, -0.05) is 83.9 Å². The Hall–Kier alpha value is -0.880. The zero-order valence-electron chi connectivity index (χ0n) is 17.2. The summed E-state index contributed by atoms with van der Waals surface area (Å²) in [6.07, 6.45) is 13.6. The van der Waals surface area contributed by atoms with Crippen molar-refractivity contribution in [2.24, 2.45) is 5.41 Å². The average molecular weight is 394 g/mol. The van der Waals surface area contributed by atoms with Gasteiger partial charge in [-0.3, -0.25) is 4.79 Å². The maximum Gasteiger partial charge on any atom is 0.189 e. The number of fused-ring (bicyclic) bond motifs is 3. The number of aryl methyl sites for hydroxylation is 1. The number of unbranched alkanes of at least 4 members (excludes halogenated alkanes) is 8. The first-order valence-electron chi connectivity index (χ1n) is 10.7. The van der Waals surface area contributed by atoms with Gasteiger partial charge < -0.3 is 5.11 Å². The van der Waals surface area contributed by atoms with Crippen molar-refractivity contribution in [1.82, 2.24) is 14.8 Å². The Bertz CT molecular complexity index is 658. The lowest BCUT2D eigenvalue weighted by Crippen LogP contribution is -2.52. The van der Waals surface area contributed by atoms with E-state index in [0.717, 1.165) is 18.7 Å². The summed E-state index contributed by atoms with van der Waals surface area (Å²) in [6, 6.07) is 0.